The van der Waals surface area contributed by atoms with Gasteiger partial charge in [-0.1, -0.05) is 24.3 Å². The van der Waals surface area contributed by atoms with Gasteiger partial charge in [-0.3, -0.25) is 0 Å². The molecule has 0 saturated heterocycles. The van der Waals surface area contributed by atoms with E-state index < -0.39 is 0 Å². The highest BCUT2D eigenvalue weighted by Crippen LogP contribution is 2.23. The lowest BCUT2D eigenvalue weighted by Gasteiger charge is -2.09. The number of para-hydroxylation sites is 1. The number of benzene rings is 2. The monoisotopic (exact) mass is 297 g/mol. The minimum absolute atomic E-state index is 0.689. The predicted octanol–water partition coefficient (Wildman–Crippen LogP) is 4.54. The number of nitrogens with zero attached hydrogens (tertiary/aromatic N) is 2. The summed E-state index contributed by atoms with van der Waals surface area (Å²) in [5.74, 6) is 1.52. The molecule has 1 heterocycles. The summed E-state index contributed by atoms with van der Waals surface area (Å²) in [6.45, 7) is 0. The van der Waals surface area contributed by atoms with E-state index in [9.17, 15) is 0 Å². The van der Waals surface area contributed by atoms with Gasteiger partial charge in [-0.25, -0.2) is 9.97 Å². The number of anilines is 2. The molecule has 3 rings (SSSR count). The molecule has 0 radical (unpaired) electrons. The molecule has 3 nitrogen and oxygen atoms in total. The van der Waals surface area contributed by atoms with Gasteiger partial charge in [0, 0.05) is 17.0 Å². The van der Waals surface area contributed by atoms with Gasteiger partial charge in [-0.15, -0.1) is 11.6 Å². The van der Waals surface area contributed by atoms with E-state index in [1.165, 1.54) is 5.56 Å². The molecule has 0 amide bonds. The number of halogens is 1. The van der Waals surface area contributed by atoms with Gasteiger partial charge >= 0.3 is 0 Å². The van der Waals surface area contributed by atoms with Crippen LogP contribution in [0.5, 0.6) is 0 Å². The van der Waals surface area contributed by atoms with Gasteiger partial charge in [0.15, 0.2) is 0 Å². The smallest absolute Gasteiger partial charge is 0.141 e. The zero-order valence-corrected chi connectivity index (χ0v) is 12.3. The number of alkyl halides is 1. The van der Waals surface area contributed by atoms with Crippen LogP contribution in [0.1, 0.15) is 12.0 Å². The number of aromatic nitrogens is 2. The first-order chi connectivity index (χ1) is 10.4. The van der Waals surface area contributed by atoms with Crippen LogP contribution >= 0.6 is 11.6 Å². The van der Waals surface area contributed by atoms with Crippen LogP contribution in [-0.4, -0.2) is 15.8 Å². The topological polar surface area (TPSA) is 37.8 Å². The van der Waals surface area contributed by atoms with Crippen LogP contribution in [-0.2, 0) is 6.42 Å². The van der Waals surface area contributed by atoms with Crippen LogP contribution in [0, 0.1) is 0 Å². The zero-order chi connectivity index (χ0) is 14.5. The third-order valence-electron chi connectivity index (χ3n) is 3.33. The fourth-order valence-corrected chi connectivity index (χ4v) is 2.45. The molecule has 0 aliphatic rings. The van der Waals surface area contributed by atoms with Gasteiger partial charge < -0.3 is 5.32 Å². The Bertz CT molecular complexity index is 737. The quantitative estimate of drug-likeness (QED) is 0.702. The molecule has 3 aromatic rings. The second-order valence-corrected chi connectivity index (χ2v) is 5.24. The third kappa shape index (κ3) is 3.31. The molecule has 2 aromatic carbocycles. The van der Waals surface area contributed by atoms with E-state index >= 15 is 0 Å². The highest BCUT2D eigenvalue weighted by Gasteiger charge is 2.03. The summed E-state index contributed by atoms with van der Waals surface area (Å²) in [6.07, 6.45) is 3.56. The largest absolute Gasteiger partial charge is 0.340 e. The van der Waals surface area contributed by atoms with Crippen LogP contribution in [0.25, 0.3) is 10.9 Å². The van der Waals surface area contributed by atoms with Crippen LogP contribution in [0.3, 0.4) is 0 Å². The maximum atomic E-state index is 5.75. The maximum absolute atomic E-state index is 5.75. The van der Waals surface area contributed by atoms with E-state index in [-0.39, 0.29) is 0 Å². The Labute approximate surface area is 129 Å². The molecule has 0 bridgehead atoms. The Hall–Kier alpha value is -2.13. The molecule has 106 valence electrons. The Morgan fingerprint density at radius 1 is 1.00 bits per heavy atom. The second kappa shape index (κ2) is 6.55. The van der Waals surface area contributed by atoms with Crippen molar-refractivity contribution in [1.29, 1.82) is 0 Å². The van der Waals surface area contributed by atoms with Crippen molar-refractivity contribution >= 4 is 34.0 Å². The summed E-state index contributed by atoms with van der Waals surface area (Å²) in [7, 11) is 0. The average molecular weight is 298 g/mol. The van der Waals surface area contributed by atoms with Crippen LogP contribution in [0.2, 0.25) is 0 Å². The standard InChI is InChI=1S/C17H16ClN3/c18-10-4-6-13-5-3-7-14(11-13)21-17-15-8-1-2-9-16(15)19-12-20-17/h1-3,5,7-9,11-12H,4,6,10H2,(H,19,20,21). The second-order valence-electron chi connectivity index (χ2n) is 4.86. The van der Waals surface area contributed by atoms with E-state index in [0.29, 0.717) is 5.88 Å². The molecule has 0 aliphatic carbocycles. The van der Waals surface area contributed by atoms with Gasteiger partial charge in [0.05, 0.1) is 5.52 Å². The van der Waals surface area contributed by atoms with Gasteiger partial charge in [0.1, 0.15) is 12.1 Å². The number of hydrogen-bond donors (Lipinski definition) is 1. The van der Waals surface area contributed by atoms with Crippen molar-refractivity contribution in [3.8, 4) is 0 Å². The highest BCUT2D eigenvalue weighted by molar-refractivity contribution is 6.17. The van der Waals surface area contributed by atoms with Crippen molar-refractivity contribution in [2.45, 2.75) is 12.8 Å². The maximum Gasteiger partial charge on any atom is 0.141 e. The van der Waals surface area contributed by atoms with Crippen molar-refractivity contribution in [1.82, 2.24) is 9.97 Å². The van der Waals surface area contributed by atoms with Gasteiger partial charge in [-0.05, 0) is 42.7 Å². The SMILES string of the molecule is ClCCCc1cccc(Nc2ncnc3ccccc23)c1. The molecular weight excluding hydrogens is 282 g/mol. The summed E-state index contributed by atoms with van der Waals surface area (Å²) in [5.41, 5.74) is 3.25. The predicted molar refractivity (Wildman–Crippen MR) is 88.3 cm³/mol. The summed E-state index contributed by atoms with van der Waals surface area (Å²) in [6, 6.07) is 16.3. The molecule has 21 heavy (non-hydrogen) atoms. The fourth-order valence-electron chi connectivity index (χ4n) is 2.32. The zero-order valence-electron chi connectivity index (χ0n) is 11.6. The van der Waals surface area contributed by atoms with Gasteiger partial charge in [0.25, 0.3) is 0 Å². The Kier molecular flexibility index (Phi) is 4.31. The molecule has 1 N–H and O–H groups in total. The van der Waals surface area contributed by atoms with Gasteiger partial charge in [-0.2, -0.15) is 0 Å². The number of nitrogens with one attached hydrogen (secondary N) is 1. The first-order valence-electron chi connectivity index (χ1n) is 6.98. The van der Waals surface area contributed by atoms with E-state index in [2.05, 4.69) is 33.5 Å². The van der Waals surface area contributed by atoms with Crippen molar-refractivity contribution in [2.75, 3.05) is 11.2 Å². The van der Waals surface area contributed by atoms with E-state index in [4.69, 9.17) is 11.6 Å². The first kappa shape index (κ1) is 13.8. The fraction of sp³-hybridized carbons (Fsp3) is 0.176. The van der Waals surface area contributed by atoms with Crippen LogP contribution < -0.4 is 5.32 Å². The molecule has 4 heteroatoms. The summed E-state index contributed by atoms with van der Waals surface area (Å²) in [4.78, 5) is 8.63. The molecule has 0 unspecified atom stereocenters. The van der Waals surface area contributed by atoms with Crippen LogP contribution in [0.4, 0.5) is 11.5 Å². The van der Waals surface area contributed by atoms with Crippen molar-refractivity contribution in [3.63, 3.8) is 0 Å². The first-order valence-corrected chi connectivity index (χ1v) is 7.52. The van der Waals surface area contributed by atoms with E-state index in [0.717, 1.165) is 35.2 Å². The number of fused-ring (bicyclic) bond motifs is 1. The summed E-state index contributed by atoms with van der Waals surface area (Å²) in [5, 5.41) is 4.40. The Morgan fingerprint density at radius 2 is 1.90 bits per heavy atom. The Morgan fingerprint density at radius 3 is 2.81 bits per heavy atom. The average Bonchev–Trinajstić information content (AvgIpc) is 2.54. The molecular formula is C17H16ClN3. The minimum atomic E-state index is 0.689. The molecule has 1 aromatic heterocycles. The van der Waals surface area contributed by atoms with E-state index in [1.807, 2.05) is 30.3 Å². The number of hydrogen-bond acceptors (Lipinski definition) is 3. The normalized spacial score (nSPS) is 10.7. The molecule has 0 aliphatic heterocycles. The van der Waals surface area contributed by atoms with Crippen molar-refractivity contribution in [3.05, 3.63) is 60.4 Å². The minimum Gasteiger partial charge on any atom is -0.340 e. The van der Waals surface area contributed by atoms with Crippen molar-refractivity contribution < 1.29 is 0 Å². The summed E-state index contributed by atoms with van der Waals surface area (Å²) < 4.78 is 0. The third-order valence-corrected chi connectivity index (χ3v) is 3.60. The van der Waals surface area contributed by atoms with E-state index in [1.54, 1.807) is 6.33 Å². The van der Waals surface area contributed by atoms with Gasteiger partial charge in [0.2, 0.25) is 0 Å². The number of aryl methyl sites for hydroxylation is 1. The summed E-state index contributed by atoms with van der Waals surface area (Å²) >= 11 is 5.75. The molecule has 0 fully saturated rings. The molecule has 0 spiro atoms. The number of rotatable bonds is 5. The lowest BCUT2D eigenvalue weighted by Crippen LogP contribution is -1.97. The lowest BCUT2D eigenvalue weighted by atomic mass is 10.1. The molecule has 0 saturated carbocycles. The Balaban J connectivity index is 1.88. The van der Waals surface area contributed by atoms with Crippen LogP contribution in [0.15, 0.2) is 54.9 Å². The molecule has 0 atom stereocenters. The lowest BCUT2D eigenvalue weighted by molar-refractivity contribution is 0.929. The highest BCUT2D eigenvalue weighted by atomic mass is 35.5. The van der Waals surface area contributed by atoms with Crippen molar-refractivity contribution in [2.24, 2.45) is 0 Å².